The second-order valence-electron chi connectivity index (χ2n) is 5.50. The van der Waals surface area contributed by atoms with Gasteiger partial charge in [-0.3, -0.25) is 4.79 Å². The third kappa shape index (κ3) is 3.78. The standard InChI is InChI=1S/C21H18O4S/c1-24-17-12-14(13-18(25-2)21(17)23)8-9-16(22)20-11-10-19(26-20)15-6-4-3-5-7-15/h3-13,23H,1-2H3. The Bertz CT molecular complexity index is 917. The lowest BCUT2D eigenvalue weighted by Crippen LogP contribution is -1.91. The van der Waals surface area contributed by atoms with E-state index in [1.54, 1.807) is 18.2 Å². The van der Waals surface area contributed by atoms with Crippen molar-refractivity contribution in [3.8, 4) is 27.7 Å². The van der Waals surface area contributed by atoms with Gasteiger partial charge in [-0.1, -0.05) is 36.4 Å². The molecule has 0 spiro atoms. The van der Waals surface area contributed by atoms with Gasteiger partial charge in [0.2, 0.25) is 5.75 Å². The van der Waals surface area contributed by atoms with Crippen molar-refractivity contribution in [3.63, 3.8) is 0 Å². The molecule has 0 aliphatic carbocycles. The molecule has 26 heavy (non-hydrogen) atoms. The number of carbonyl (C=O) groups is 1. The van der Waals surface area contributed by atoms with Crippen molar-refractivity contribution in [1.82, 2.24) is 0 Å². The van der Waals surface area contributed by atoms with E-state index in [1.165, 1.54) is 31.6 Å². The van der Waals surface area contributed by atoms with Crippen LogP contribution in [0.15, 0.2) is 60.7 Å². The number of hydrogen-bond donors (Lipinski definition) is 1. The number of aromatic hydroxyl groups is 1. The van der Waals surface area contributed by atoms with Crippen molar-refractivity contribution in [2.24, 2.45) is 0 Å². The Kier molecular flexibility index (Phi) is 5.39. The molecule has 4 nitrogen and oxygen atoms in total. The number of phenolic OH excluding ortho intramolecular Hbond substituents is 1. The van der Waals surface area contributed by atoms with Gasteiger partial charge in [0, 0.05) is 4.88 Å². The first-order valence-electron chi connectivity index (χ1n) is 7.95. The molecule has 0 fully saturated rings. The van der Waals surface area contributed by atoms with Crippen molar-refractivity contribution in [2.45, 2.75) is 0 Å². The van der Waals surface area contributed by atoms with Crippen LogP contribution in [-0.2, 0) is 0 Å². The molecule has 1 N–H and O–H groups in total. The maximum absolute atomic E-state index is 12.5. The lowest BCUT2D eigenvalue weighted by atomic mass is 10.1. The van der Waals surface area contributed by atoms with E-state index in [-0.39, 0.29) is 11.5 Å². The molecule has 132 valence electrons. The third-order valence-electron chi connectivity index (χ3n) is 3.84. The molecule has 0 aliphatic rings. The minimum absolute atomic E-state index is 0.0655. The zero-order chi connectivity index (χ0) is 18.5. The van der Waals surface area contributed by atoms with E-state index in [9.17, 15) is 9.90 Å². The van der Waals surface area contributed by atoms with E-state index < -0.39 is 0 Å². The first-order valence-corrected chi connectivity index (χ1v) is 8.76. The summed E-state index contributed by atoms with van der Waals surface area (Å²) in [4.78, 5) is 14.2. The third-order valence-corrected chi connectivity index (χ3v) is 4.99. The number of thiophene rings is 1. The molecule has 1 aromatic heterocycles. The summed E-state index contributed by atoms with van der Waals surface area (Å²) in [6.45, 7) is 0. The molecule has 0 aliphatic heterocycles. The van der Waals surface area contributed by atoms with Crippen LogP contribution in [0.25, 0.3) is 16.5 Å². The van der Waals surface area contributed by atoms with Crippen molar-refractivity contribution >= 4 is 23.2 Å². The molecule has 0 saturated heterocycles. The number of ether oxygens (including phenoxy) is 2. The fraction of sp³-hybridized carbons (Fsp3) is 0.0952. The zero-order valence-electron chi connectivity index (χ0n) is 14.4. The van der Waals surface area contributed by atoms with Gasteiger partial charge in [-0.2, -0.15) is 0 Å². The number of hydrogen-bond acceptors (Lipinski definition) is 5. The SMILES string of the molecule is COc1cc(C=CC(=O)c2ccc(-c3ccccc3)s2)cc(OC)c1O. The molecule has 1 heterocycles. The smallest absolute Gasteiger partial charge is 0.200 e. The molecule has 5 heteroatoms. The highest BCUT2D eigenvalue weighted by Gasteiger charge is 2.11. The van der Waals surface area contributed by atoms with Gasteiger partial charge in [-0.05, 0) is 41.5 Å². The number of carbonyl (C=O) groups excluding carboxylic acids is 1. The number of methoxy groups -OCH3 is 2. The second kappa shape index (κ2) is 7.89. The normalized spacial score (nSPS) is 10.8. The average molecular weight is 366 g/mol. The Morgan fingerprint density at radius 2 is 1.65 bits per heavy atom. The van der Waals surface area contributed by atoms with Gasteiger partial charge < -0.3 is 14.6 Å². The molecule has 0 unspecified atom stereocenters. The van der Waals surface area contributed by atoms with Crippen LogP contribution in [-0.4, -0.2) is 25.1 Å². The molecule has 2 aromatic carbocycles. The molecule has 3 aromatic rings. The molecule has 0 saturated carbocycles. The van der Waals surface area contributed by atoms with Crippen molar-refractivity contribution in [2.75, 3.05) is 14.2 Å². The van der Waals surface area contributed by atoms with Crippen LogP contribution in [0.5, 0.6) is 17.2 Å². The highest BCUT2D eigenvalue weighted by atomic mass is 32.1. The lowest BCUT2D eigenvalue weighted by Gasteiger charge is -2.09. The molecule has 0 amide bonds. The van der Waals surface area contributed by atoms with Crippen molar-refractivity contribution in [1.29, 1.82) is 0 Å². The summed E-state index contributed by atoms with van der Waals surface area (Å²) in [6, 6.07) is 17.0. The highest BCUT2D eigenvalue weighted by Crippen LogP contribution is 2.37. The summed E-state index contributed by atoms with van der Waals surface area (Å²) in [5, 5.41) is 9.94. The molecular weight excluding hydrogens is 348 g/mol. The Morgan fingerprint density at radius 1 is 1.00 bits per heavy atom. The van der Waals surface area contributed by atoms with E-state index in [1.807, 2.05) is 42.5 Å². The number of rotatable bonds is 6. The van der Waals surface area contributed by atoms with Gasteiger partial charge in [-0.25, -0.2) is 0 Å². The summed E-state index contributed by atoms with van der Waals surface area (Å²) in [7, 11) is 2.92. The van der Waals surface area contributed by atoms with Crippen molar-refractivity contribution < 1.29 is 19.4 Å². The van der Waals surface area contributed by atoms with E-state index in [0.29, 0.717) is 21.9 Å². The van der Waals surface area contributed by atoms with Gasteiger partial charge in [0.25, 0.3) is 0 Å². The van der Waals surface area contributed by atoms with Gasteiger partial charge in [0.15, 0.2) is 17.3 Å². The minimum atomic E-state index is -0.0804. The Hall–Kier alpha value is -3.05. The number of benzene rings is 2. The zero-order valence-corrected chi connectivity index (χ0v) is 15.2. The molecule has 3 rings (SSSR count). The monoisotopic (exact) mass is 366 g/mol. The Morgan fingerprint density at radius 3 is 2.27 bits per heavy atom. The summed E-state index contributed by atoms with van der Waals surface area (Å²) in [6.07, 6.45) is 3.18. The summed E-state index contributed by atoms with van der Waals surface area (Å²) in [5.41, 5.74) is 1.79. The highest BCUT2D eigenvalue weighted by molar-refractivity contribution is 7.17. The molecule has 0 atom stereocenters. The largest absolute Gasteiger partial charge is 0.502 e. The first kappa shape index (κ1) is 17.8. The van der Waals surface area contributed by atoms with E-state index in [0.717, 1.165) is 10.4 Å². The molecular formula is C21H18O4S. The van der Waals surface area contributed by atoms with Crippen LogP contribution < -0.4 is 9.47 Å². The van der Waals surface area contributed by atoms with Crippen LogP contribution in [0.4, 0.5) is 0 Å². The van der Waals surface area contributed by atoms with Crippen LogP contribution >= 0.6 is 11.3 Å². The first-order chi connectivity index (χ1) is 12.6. The molecule has 0 radical (unpaired) electrons. The van der Waals surface area contributed by atoms with Crippen LogP contribution in [0.3, 0.4) is 0 Å². The average Bonchev–Trinajstić information content (AvgIpc) is 3.18. The fourth-order valence-electron chi connectivity index (χ4n) is 2.49. The number of allylic oxidation sites excluding steroid dienone is 1. The summed E-state index contributed by atoms with van der Waals surface area (Å²) < 4.78 is 10.3. The summed E-state index contributed by atoms with van der Waals surface area (Å²) in [5.74, 6) is 0.435. The van der Waals surface area contributed by atoms with Gasteiger partial charge in [-0.15, -0.1) is 11.3 Å². The molecule has 0 bridgehead atoms. The fourth-order valence-corrected chi connectivity index (χ4v) is 3.42. The topological polar surface area (TPSA) is 55.8 Å². The van der Waals surface area contributed by atoms with E-state index in [2.05, 4.69) is 0 Å². The van der Waals surface area contributed by atoms with Gasteiger partial charge in [0.1, 0.15) is 0 Å². The van der Waals surface area contributed by atoms with E-state index in [4.69, 9.17) is 9.47 Å². The lowest BCUT2D eigenvalue weighted by molar-refractivity contribution is 0.105. The minimum Gasteiger partial charge on any atom is -0.502 e. The number of phenols is 1. The maximum atomic E-state index is 12.5. The van der Waals surface area contributed by atoms with E-state index >= 15 is 0 Å². The van der Waals surface area contributed by atoms with Crippen LogP contribution in [0.1, 0.15) is 15.2 Å². The number of ketones is 1. The van der Waals surface area contributed by atoms with Gasteiger partial charge in [0.05, 0.1) is 19.1 Å². The van der Waals surface area contributed by atoms with Gasteiger partial charge >= 0.3 is 0 Å². The van der Waals surface area contributed by atoms with Crippen molar-refractivity contribution in [3.05, 3.63) is 71.1 Å². The Balaban J connectivity index is 1.81. The maximum Gasteiger partial charge on any atom is 0.200 e. The predicted octanol–water partition coefficient (Wildman–Crippen LogP) is 5.03. The predicted molar refractivity (Wildman–Crippen MR) is 104 cm³/mol. The Labute approximate surface area is 156 Å². The second-order valence-corrected chi connectivity index (χ2v) is 6.59. The van der Waals surface area contributed by atoms with Crippen LogP contribution in [0.2, 0.25) is 0 Å². The van der Waals surface area contributed by atoms with Crippen LogP contribution in [0, 0.1) is 0 Å². The quantitative estimate of drug-likeness (QED) is 0.491. The summed E-state index contributed by atoms with van der Waals surface area (Å²) >= 11 is 1.46.